The van der Waals surface area contributed by atoms with Crippen LogP contribution in [0.15, 0.2) is 35.3 Å². The van der Waals surface area contributed by atoms with E-state index in [4.69, 9.17) is 4.74 Å². The lowest BCUT2D eigenvalue weighted by molar-refractivity contribution is 0.0692. The van der Waals surface area contributed by atoms with Crippen LogP contribution >= 0.6 is 0 Å². The van der Waals surface area contributed by atoms with Crippen molar-refractivity contribution in [3.8, 4) is 5.88 Å². The Labute approximate surface area is 208 Å². The van der Waals surface area contributed by atoms with Crippen molar-refractivity contribution in [2.45, 2.75) is 52.0 Å². The highest BCUT2D eigenvalue weighted by atomic mass is 19.1. The molecule has 8 nitrogen and oxygen atoms in total. The van der Waals surface area contributed by atoms with E-state index in [1.54, 1.807) is 18.2 Å². The predicted octanol–water partition coefficient (Wildman–Crippen LogP) is 3.65. The number of aromatic carboxylic acids is 1. The summed E-state index contributed by atoms with van der Waals surface area (Å²) in [5.74, 6) is -1.39. The van der Waals surface area contributed by atoms with Crippen LogP contribution in [0.25, 0.3) is 11.0 Å². The minimum absolute atomic E-state index is 0.0303. The molecule has 1 aliphatic carbocycles. The van der Waals surface area contributed by atoms with Gasteiger partial charge in [-0.3, -0.25) is 4.79 Å². The maximum atomic E-state index is 15.3. The quantitative estimate of drug-likeness (QED) is 0.412. The van der Waals surface area contributed by atoms with Crippen molar-refractivity contribution in [3.63, 3.8) is 0 Å². The summed E-state index contributed by atoms with van der Waals surface area (Å²) in [6.07, 6.45) is 3.15. The van der Waals surface area contributed by atoms with E-state index in [0.717, 1.165) is 12.8 Å². The van der Waals surface area contributed by atoms with Crippen molar-refractivity contribution in [1.29, 1.82) is 0 Å². The molecule has 2 heterocycles. The van der Waals surface area contributed by atoms with Crippen LogP contribution in [0.4, 0.5) is 4.39 Å². The molecule has 3 aromatic rings. The fraction of sp³-hybridized carbons (Fsp3) is 0.444. The molecule has 3 N–H and O–H groups in total. The molecule has 0 spiro atoms. The maximum Gasteiger partial charge on any atom is 0.341 e. The Kier molecular flexibility index (Phi) is 7.15. The summed E-state index contributed by atoms with van der Waals surface area (Å²) in [4.78, 5) is 29.7. The van der Waals surface area contributed by atoms with Crippen molar-refractivity contribution in [1.82, 2.24) is 9.55 Å². The highest BCUT2D eigenvalue weighted by Gasteiger charge is 2.30. The van der Waals surface area contributed by atoms with Crippen LogP contribution < -0.4 is 10.2 Å². The minimum atomic E-state index is -1.40. The SMILES string of the molecule is CC(C)(C)[C@@H](CO)n1cc(C(=O)O)c(=O)c2cc(Cc3cccc(C4CC4)c3F)c(OCCO)nc21. The molecule has 2 aromatic heterocycles. The van der Waals surface area contributed by atoms with Gasteiger partial charge in [-0.2, -0.15) is 4.98 Å². The Balaban J connectivity index is 1.95. The first kappa shape index (κ1) is 25.8. The van der Waals surface area contributed by atoms with Crippen LogP contribution in [0.5, 0.6) is 5.88 Å². The molecule has 0 amide bonds. The van der Waals surface area contributed by atoms with E-state index in [-0.39, 0.29) is 54.9 Å². The van der Waals surface area contributed by atoms with Crippen LogP contribution in [-0.4, -0.2) is 50.7 Å². The van der Waals surface area contributed by atoms with Gasteiger partial charge in [0.05, 0.1) is 24.6 Å². The van der Waals surface area contributed by atoms with Crippen molar-refractivity contribution in [2.75, 3.05) is 19.8 Å². The summed E-state index contributed by atoms with van der Waals surface area (Å²) in [7, 11) is 0. The number of aromatic nitrogens is 2. The lowest BCUT2D eigenvalue weighted by Gasteiger charge is -2.32. The Bertz CT molecular complexity index is 1360. The number of carboxylic acid groups (broad SMARTS) is 1. The maximum absolute atomic E-state index is 15.3. The number of benzene rings is 1. The lowest BCUT2D eigenvalue weighted by Crippen LogP contribution is -2.31. The second kappa shape index (κ2) is 9.99. The Morgan fingerprint density at radius 3 is 2.56 bits per heavy atom. The average molecular weight is 499 g/mol. The van der Waals surface area contributed by atoms with Gasteiger partial charge in [0.2, 0.25) is 11.3 Å². The summed E-state index contributed by atoms with van der Waals surface area (Å²) in [6.45, 7) is 4.96. The van der Waals surface area contributed by atoms with Gasteiger partial charge in [-0.25, -0.2) is 9.18 Å². The van der Waals surface area contributed by atoms with Gasteiger partial charge in [-0.05, 0) is 41.4 Å². The molecule has 0 bridgehead atoms. The molecule has 4 rings (SSSR count). The Hall–Kier alpha value is -3.30. The summed E-state index contributed by atoms with van der Waals surface area (Å²) in [5, 5.41) is 29.2. The van der Waals surface area contributed by atoms with Crippen molar-refractivity contribution in [2.24, 2.45) is 5.41 Å². The number of nitrogens with zero attached hydrogens (tertiary/aromatic N) is 2. The largest absolute Gasteiger partial charge is 0.477 e. The smallest absolute Gasteiger partial charge is 0.341 e. The van der Waals surface area contributed by atoms with Crippen molar-refractivity contribution < 1.29 is 29.2 Å². The second-order valence-electron chi connectivity index (χ2n) is 10.3. The molecule has 0 unspecified atom stereocenters. The summed E-state index contributed by atoms with van der Waals surface area (Å²) >= 11 is 0. The molecule has 1 aliphatic rings. The zero-order valence-electron chi connectivity index (χ0n) is 20.6. The number of rotatable bonds is 9. The molecule has 192 valence electrons. The molecular weight excluding hydrogens is 467 g/mol. The summed E-state index contributed by atoms with van der Waals surface area (Å²) < 4.78 is 22.5. The number of aliphatic hydroxyl groups excluding tert-OH is 2. The standard InChI is InChI=1S/C27H31FN2O6/c1-27(2,3)21(14-32)30-13-20(26(34)35)23(33)19-12-17(25(29-24(19)30)36-10-9-31)11-16-5-4-6-18(22(16)28)15-7-8-15/h4-6,12-13,15,21,31-32H,7-11,14H2,1-3H3,(H,34,35)/t21-/m1/s1. The Morgan fingerprint density at radius 2 is 1.97 bits per heavy atom. The fourth-order valence-electron chi connectivity index (χ4n) is 4.51. The third-order valence-electron chi connectivity index (χ3n) is 6.62. The van der Waals surface area contributed by atoms with Crippen LogP contribution in [0, 0.1) is 11.2 Å². The second-order valence-corrected chi connectivity index (χ2v) is 10.3. The zero-order chi connectivity index (χ0) is 26.2. The number of pyridine rings is 2. The van der Waals surface area contributed by atoms with E-state index in [2.05, 4.69) is 4.98 Å². The lowest BCUT2D eigenvalue weighted by atomic mass is 9.86. The number of hydrogen-bond donors (Lipinski definition) is 3. The van der Waals surface area contributed by atoms with Gasteiger partial charge in [0.1, 0.15) is 23.6 Å². The molecule has 9 heteroatoms. The number of carboxylic acids is 1. The van der Waals surface area contributed by atoms with Crippen LogP contribution in [0.3, 0.4) is 0 Å². The number of aliphatic hydroxyl groups is 2. The van der Waals surface area contributed by atoms with E-state index in [9.17, 15) is 24.9 Å². The van der Waals surface area contributed by atoms with Crippen molar-refractivity contribution in [3.05, 3.63) is 68.8 Å². The zero-order valence-corrected chi connectivity index (χ0v) is 20.6. The molecule has 0 saturated heterocycles. The van der Waals surface area contributed by atoms with Crippen molar-refractivity contribution >= 4 is 17.0 Å². The highest BCUT2D eigenvalue weighted by Crippen LogP contribution is 2.42. The first-order chi connectivity index (χ1) is 17.1. The monoisotopic (exact) mass is 498 g/mol. The van der Waals surface area contributed by atoms with Gasteiger partial charge in [0, 0.05) is 18.2 Å². The van der Waals surface area contributed by atoms with E-state index in [0.29, 0.717) is 16.7 Å². The molecule has 0 radical (unpaired) electrons. The Morgan fingerprint density at radius 1 is 1.25 bits per heavy atom. The van der Waals surface area contributed by atoms with Gasteiger partial charge in [0.15, 0.2) is 0 Å². The molecule has 1 atom stereocenters. The molecule has 1 saturated carbocycles. The molecular formula is C27H31FN2O6. The number of ether oxygens (including phenoxy) is 1. The first-order valence-electron chi connectivity index (χ1n) is 12.0. The number of halogens is 1. The van der Waals surface area contributed by atoms with Gasteiger partial charge < -0.3 is 24.6 Å². The first-order valence-corrected chi connectivity index (χ1v) is 12.0. The van der Waals surface area contributed by atoms with Crippen LogP contribution in [0.2, 0.25) is 0 Å². The normalized spacial score (nSPS) is 14.7. The fourth-order valence-corrected chi connectivity index (χ4v) is 4.51. The van der Waals surface area contributed by atoms with Gasteiger partial charge >= 0.3 is 5.97 Å². The minimum Gasteiger partial charge on any atom is -0.477 e. The number of carbonyl (C=O) groups is 1. The third kappa shape index (κ3) is 4.99. The summed E-state index contributed by atoms with van der Waals surface area (Å²) in [6, 6.07) is 6.11. The van der Waals surface area contributed by atoms with E-state index < -0.39 is 28.4 Å². The van der Waals surface area contributed by atoms with Gasteiger partial charge in [-0.15, -0.1) is 0 Å². The molecule has 0 aliphatic heterocycles. The summed E-state index contributed by atoms with van der Waals surface area (Å²) in [5.41, 5.74) is -0.0885. The van der Waals surface area contributed by atoms with Crippen LogP contribution in [0.1, 0.15) is 72.6 Å². The van der Waals surface area contributed by atoms with Gasteiger partial charge in [0.25, 0.3) is 0 Å². The van der Waals surface area contributed by atoms with E-state index in [1.165, 1.54) is 16.8 Å². The predicted molar refractivity (Wildman–Crippen MR) is 132 cm³/mol. The topological polar surface area (TPSA) is 122 Å². The van der Waals surface area contributed by atoms with Crippen LogP contribution in [-0.2, 0) is 6.42 Å². The third-order valence-corrected chi connectivity index (χ3v) is 6.62. The average Bonchev–Trinajstić information content (AvgIpc) is 3.65. The van der Waals surface area contributed by atoms with Gasteiger partial charge in [-0.1, -0.05) is 39.0 Å². The molecule has 36 heavy (non-hydrogen) atoms. The molecule has 1 aromatic carbocycles. The number of hydrogen-bond acceptors (Lipinski definition) is 6. The molecule has 1 fully saturated rings. The number of fused-ring (bicyclic) bond motifs is 1. The highest BCUT2D eigenvalue weighted by molar-refractivity contribution is 5.92. The van der Waals surface area contributed by atoms with E-state index >= 15 is 4.39 Å². The van der Waals surface area contributed by atoms with E-state index in [1.807, 2.05) is 20.8 Å².